The van der Waals surface area contributed by atoms with Gasteiger partial charge in [0.25, 0.3) is 0 Å². The highest BCUT2D eigenvalue weighted by atomic mass is 32.1. The van der Waals surface area contributed by atoms with E-state index < -0.39 is 0 Å². The van der Waals surface area contributed by atoms with Crippen molar-refractivity contribution in [3.05, 3.63) is 298 Å². The molecule has 0 unspecified atom stereocenters. The number of aryl methyl sites for hydroxylation is 5. The van der Waals surface area contributed by atoms with E-state index in [1.54, 1.807) is 0 Å². The fourth-order valence-electron chi connectivity index (χ4n) is 13.1. The van der Waals surface area contributed by atoms with Crippen molar-refractivity contribution in [2.75, 3.05) is 0 Å². The molecule has 0 atom stereocenters. The molecular weight excluding hydrogens is 1600 g/mol. The van der Waals surface area contributed by atoms with Gasteiger partial charge in [0, 0.05) is 24.5 Å². The van der Waals surface area contributed by atoms with Crippen LogP contribution in [0.4, 0.5) is 23.5 Å². The molecule has 5 nitrogen and oxygen atoms in total. The fraction of sp³-hybridized carbons (Fsp3) is 0.429. The van der Waals surface area contributed by atoms with Gasteiger partial charge in [-0.05, 0) is 241 Å². The van der Waals surface area contributed by atoms with Gasteiger partial charge in [-0.3, -0.25) is 23.5 Å². The second-order valence-electron chi connectivity index (χ2n) is 30.6. The first kappa shape index (κ1) is 111. The van der Waals surface area contributed by atoms with Crippen LogP contribution in [-0.2, 0) is 65.1 Å². The van der Waals surface area contributed by atoms with Gasteiger partial charge >= 0.3 is 0 Å². The molecule has 0 spiro atoms. The summed E-state index contributed by atoms with van der Waals surface area (Å²) in [6.45, 7) is 14.4. The standard InChI is InChI=1S/5C21H28OS.5FH/c5*1-2-3-4-5-6-7-8-18-9-11-19(12-10-18)17-22-20-13-15-21(23)16-14-20;;;;;/h5*9-16,23H,2-8,17H2,1H3;5*1H. The number of unbranched alkanes of at least 4 members (excludes halogenated alkanes) is 25. The van der Waals surface area contributed by atoms with E-state index in [-0.39, 0.29) is 23.5 Å². The van der Waals surface area contributed by atoms with E-state index in [4.69, 9.17) is 23.7 Å². The smallest absolute Gasteiger partial charge is 0.119 e. The number of benzene rings is 10. The Kier molecular flexibility index (Phi) is 66.5. The lowest BCUT2D eigenvalue weighted by molar-refractivity contribution is 0.306. The van der Waals surface area contributed by atoms with Gasteiger partial charge in [0.05, 0.1) is 0 Å². The predicted molar refractivity (Wildman–Crippen MR) is 520 cm³/mol. The summed E-state index contributed by atoms with van der Waals surface area (Å²) in [6, 6.07) is 83.2. The highest BCUT2D eigenvalue weighted by Gasteiger charge is 2.06. The lowest BCUT2D eigenvalue weighted by Crippen LogP contribution is -1.96. The number of ether oxygens (including phenoxy) is 5. The van der Waals surface area contributed by atoms with Crippen LogP contribution < -0.4 is 23.7 Å². The molecule has 0 aliphatic heterocycles. The molecule has 0 radical (unpaired) electrons. The van der Waals surface area contributed by atoms with E-state index in [1.807, 2.05) is 121 Å². The van der Waals surface area contributed by atoms with Gasteiger partial charge in [0.2, 0.25) is 0 Å². The molecule has 0 aromatic heterocycles. The first-order chi connectivity index (χ1) is 56.4. The lowest BCUT2D eigenvalue weighted by atomic mass is 10.0. The van der Waals surface area contributed by atoms with Crippen molar-refractivity contribution in [3.63, 3.8) is 0 Å². The van der Waals surface area contributed by atoms with Crippen molar-refractivity contribution in [1.29, 1.82) is 0 Å². The molecule has 15 heteroatoms. The van der Waals surface area contributed by atoms with E-state index in [1.165, 1.54) is 280 Å². The highest BCUT2D eigenvalue weighted by Crippen LogP contribution is 2.25. The summed E-state index contributed by atoms with van der Waals surface area (Å²) in [4.78, 5) is 4.77. The summed E-state index contributed by atoms with van der Waals surface area (Å²) in [7, 11) is 0. The van der Waals surface area contributed by atoms with Gasteiger partial charge in [-0.15, -0.1) is 63.1 Å². The average molecular weight is 1740 g/mol. The maximum atomic E-state index is 5.79. The second kappa shape index (κ2) is 72.1. The molecular formula is C105H145F5O5S5. The van der Waals surface area contributed by atoms with Crippen LogP contribution in [0.1, 0.15) is 283 Å². The van der Waals surface area contributed by atoms with Gasteiger partial charge < -0.3 is 23.7 Å². The van der Waals surface area contributed by atoms with Crippen molar-refractivity contribution in [2.45, 2.75) is 317 Å². The zero-order chi connectivity index (χ0) is 81.7. The van der Waals surface area contributed by atoms with Gasteiger partial charge in [0.15, 0.2) is 0 Å². The average Bonchev–Trinajstić information content (AvgIpc) is 0.908. The zero-order valence-corrected chi connectivity index (χ0v) is 77.2. The third-order valence-corrected chi connectivity index (χ3v) is 21.9. The van der Waals surface area contributed by atoms with Crippen LogP contribution in [0.2, 0.25) is 0 Å². The van der Waals surface area contributed by atoms with Crippen molar-refractivity contribution in [2.24, 2.45) is 0 Å². The number of hydrogen-bond acceptors (Lipinski definition) is 10. The van der Waals surface area contributed by atoms with Gasteiger partial charge in [0.1, 0.15) is 61.8 Å². The largest absolute Gasteiger partial charge is 0.489 e. The molecule has 660 valence electrons. The quantitative estimate of drug-likeness (QED) is 0.0149. The van der Waals surface area contributed by atoms with E-state index in [2.05, 4.69) is 219 Å². The Bertz CT molecular complexity index is 3360. The Hall–Kier alpha value is -7.40. The first-order valence-corrected chi connectivity index (χ1v) is 46.1. The van der Waals surface area contributed by atoms with Crippen LogP contribution >= 0.6 is 63.1 Å². The Balaban J connectivity index is 0.000000742. The summed E-state index contributed by atoms with van der Waals surface area (Å²) in [6.07, 6.45) is 46.6. The SMILES string of the molecule is CCCCCCCCc1ccc(COc2ccc(S)cc2)cc1.CCCCCCCCc1ccc(COc2ccc(S)cc2)cc1.CCCCCCCCc1ccc(COc2ccc(S)cc2)cc1.CCCCCCCCc1ccc(COc2ccc(S)cc2)cc1.CCCCCCCCc1ccc(COc2ccc(S)cc2)cc1.F.F.F.F.F. The Morgan fingerprint density at radius 3 is 0.400 bits per heavy atom. The number of rotatable bonds is 50. The van der Waals surface area contributed by atoms with Crippen LogP contribution in [0, 0.1) is 0 Å². The molecule has 0 N–H and O–H groups in total. The molecule has 0 saturated carbocycles. The second-order valence-corrected chi connectivity index (χ2v) is 33.2. The summed E-state index contributed by atoms with van der Waals surface area (Å²) in [5, 5.41) is 0. The molecule has 0 saturated heterocycles. The summed E-state index contributed by atoms with van der Waals surface area (Å²) >= 11 is 21.4. The summed E-state index contributed by atoms with van der Waals surface area (Å²) in [5.41, 5.74) is 13.2. The van der Waals surface area contributed by atoms with Crippen LogP contribution in [0.25, 0.3) is 0 Å². The van der Waals surface area contributed by atoms with Gasteiger partial charge in [-0.1, -0.05) is 316 Å². The third-order valence-electron chi connectivity index (χ3n) is 20.4. The summed E-state index contributed by atoms with van der Waals surface area (Å²) < 4.78 is 28.9. The molecule has 0 amide bonds. The summed E-state index contributed by atoms with van der Waals surface area (Å²) in [5.74, 6) is 4.44. The molecule has 10 aromatic rings. The lowest BCUT2D eigenvalue weighted by Gasteiger charge is -2.07. The number of thiol groups is 5. The Morgan fingerprint density at radius 1 is 0.150 bits per heavy atom. The monoisotopic (exact) mass is 1740 g/mol. The molecule has 10 aromatic carbocycles. The maximum Gasteiger partial charge on any atom is 0.119 e. The predicted octanol–water partition coefficient (Wildman–Crippen LogP) is 33.0. The normalized spacial score (nSPS) is 10.2. The molecule has 0 aliphatic rings. The van der Waals surface area contributed by atoms with Crippen LogP contribution in [0.3, 0.4) is 0 Å². The zero-order valence-electron chi connectivity index (χ0n) is 72.7. The minimum Gasteiger partial charge on any atom is -0.489 e. The molecule has 0 heterocycles. The number of hydrogen-bond donors (Lipinski definition) is 5. The maximum absolute atomic E-state index is 5.79. The molecule has 0 bridgehead atoms. The third kappa shape index (κ3) is 53.5. The van der Waals surface area contributed by atoms with Crippen molar-refractivity contribution in [3.8, 4) is 28.7 Å². The topological polar surface area (TPSA) is 46.2 Å². The van der Waals surface area contributed by atoms with Crippen molar-refractivity contribution < 1.29 is 47.2 Å². The van der Waals surface area contributed by atoms with Crippen LogP contribution in [0.15, 0.2) is 267 Å². The van der Waals surface area contributed by atoms with Crippen molar-refractivity contribution >= 4 is 63.1 Å². The van der Waals surface area contributed by atoms with E-state index in [9.17, 15) is 0 Å². The first-order valence-electron chi connectivity index (χ1n) is 43.9. The fourth-order valence-corrected chi connectivity index (χ4v) is 13.8. The van der Waals surface area contributed by atoms with Crippen molar-refractivity contribution in [1.82, 2.24) is 0 Å². The molecule has 120 heavy (non-hydrogen) atoms. The van der Waals surface area contributed by atoms with E-state index in [0.717, 1.165) is 53.2 Å². The Morgan fingerprint density at radius 2 is 0.267 bits per heavy atom. The van der Waals surface area contributed by atoms with E-state index in [0.29, 0.717) is 33.0 Å². The minimum atomic E-state index is 0. The van der Waals surface area contributed by atoms with Gasteiger partial charge in [-0.2, -0.15) is 0 Å². The Labute approximate surface area is 748 Å². The molecule has 10 rings (SSSR count). The van der Waals surface area contributed by atoms with E-state index >= 15 is 0 Å². The van der Waals surface area contributed by atoms with Crippen LogP contribution in [-0.4, -0.2) is 0 Å². The number of halogens is 5. The molecule has 0 aliphatic carbocycles. The van der Waals surface area contributed by atoms with Gasteiger partial charge in [-0.25, -0.2) is 0 Å². The minimum absolute atomic E-state index is 0. The van der Waals surface area contributed by atoms with Crippen LogP contribution in [0.5, 0.6) is 28.7 Å². The highest BCUT2D eigenvalue weighted by molar-refractivity contribution is 7.81. The molecule has 0 fully saturated rings.